The van der Waals surface area contributed by atoms with Gasteiger partial charge in [-0.2, -0.15) is 0 Å². The van der Waals surface area contributed by atoms with Crippen LogP contribution >= 0.6 is 0 Å². The Hall–Kier alpha value is -2.01. The number of rotatable bonds is 1. The lowest BCUT2D eigenvalue weighted by atomic mass is 9.50. The van der Waals surface area contributed by atoms with Gasteiger partial charge in [0, 0.05) is 30.7 Å². The molecule has 3 bridgehead atoms. The van der Waals surface area contributed by atoms with Gasteiger partial charge in [-0.15, -0.1) is 0 Å². The molecule has 1 N–H and O–H groups in total. The van der Waals surface area contributed by atoms with Crippen LogP contribution in [-0.2, 0) is 14.9 Å². The number of allylic oxidation sites excluding steroid dienone is 1. The fourth-order valence-electron chi connectivity index (χ4n) is 6.70. The average molecular weight is 354 g/mol. The lowest BCUT2D eigenvalue weighted by molar-refractivity contribution is -0.158. The molecule has 3 fully saturated rings. The first-order chi connectivity index (χ1) is 12.5. The summed E-state index contributed by atoms with van der Waals surface area (Å²) < 4.78 is 5.35. The maximum Gasteiger partial charge on any atom is 0.310 e. The van der Waals surface area contributed by atoms with Crippen LogP contribution in [0.4, 0.5) is 5.69 Å². The zero-order valence-electron chi connectivity index (χ0n) is 15.6. The van der Waals surface area contributed by atoms with Gasteiger partial charge in [0.15, 0.2) is 0 Å². The number of hydrogen-bond acceptors (Lipinski definition) is 5. The number of methoxy groups -OCH3 is 1. The molecule has 5 heteroatoms. The van der Waals surface area contributed by atoms with Crippen LogP contribution in [0.25, 0.3) is 0 Å². The van der Waals surface area contributed by atoms with E-state index in [4.69, 9.17) is 4.74 Å². The number of likely N-dealkylation sites (N-methyl/N-ethyl adjacent to an activating group) is 1. The Bertz CT molecular complexity index is 819. The molecule has 5 atom stereocenters. The van der Waals surface area contributed by atoms with Gasteiger partial charge in [-0.1, -0.05) is 11.6 Å². The molecule has 1 saturated carbocycles. The summed E-state index contributed by atoms with van der Waals surface area (Å²) in [6.07, 6.45) is 4.14. The number of benzene rings is 1. The number of esters is 1. The second-order valence-electron chi connectivity index (χ2n) is 8.29. The second-order valence-corrected chi connectivity index (χ2v) is 8.29. The van der Waals surface area contributed by atoms with Crippen molar-refractivity contribution in [2.24, 2.45) is 11.8 Å². The summed E-state index contributed by atoms with van der Waals surface area (Å²) in [5.74, 6) is 0.220. The number of fused-ring (bicyclic) bond motifs is 2. The Morgan fingerprint density at radius 1 is 1.42 bits per heavy atom. The lowest BCUT2D eigenvalue weighted by Gasteiger charge is -2.63. The minimum atomic E-state index is -0.283. The molecule has 0 aromatic heterocycles. The number of carbonyl (C=O) groups excluding carboxylic acids is 1. The summed E-state index contributed by atoms with van der Waals surface area (Å²) in [6, 6.07) is 6.36. The fraction of sp³-hybridized carbons (Fsp3) is 0.571. The molecule has 1 aromatic rings. The number of phenols is 1. The maximum atomic E-state index is 13.1. The highest BCUT2D eigenvalue weighted by molar-refractivity contribution is 5.80. The zero-order valence-corrected chi connectivity index (χ0v) is 15.6. The topological polar surface area (TPSA) is 53.0 Å². The fourth-order valence-corrected chi connectivity index (χ4v) is 6.70. The van der Waals surface area contributed by atoms with E-state index in [1.165, 1.54) is 12.7 Å². The van der Waals surface area contributed by atoms with Crippen molar-refractivity contribution in [2.45, 2.75) is 37.3 Å². The molecule has 138 valence electrons. The third-order valence-corrected chi connectivity index (χ3v) is 7.59. The first-order valence-electron chi connectivity index (χ1n) is 9.56. The summed E-state index contributed by atoms with van der Waals surface area (Å²) in [5, 5.41) is 10.2. The van der Waals surface area contributed by atoms with Crippen LogP contribution in [0.1, 0.15) is 25.3 Å². The predicted molar refractivity (Wildman–Crippen MR) is 99.3 cm³/mol. The molecule has 5 nitrogen and oxygen atoms in total. The zero-order chi connectivity index (χ0) is 18.2. The SMILES string of the molecule is C/C=C1/CN2CCC34c5cc(O)ccc5N(C)C3C2CC1C4C(=O)OC. The van der Waals surface area contributed by atoms with Crippen molar-refractivity contribution in [3.63, 3.8) is 0 Å². The number of hydrogen-bond donors (Lipinski definition) is 1. The number of aromatic hydroxyl groups is 1. The molecular weight excluding hydrogens is 328 g/mol. The number of ether oxygens (including phenoxy) is 1. The Morgan fingerprint density at radius 3 is 2.96 bits per heavy atom. The number of phenolic OH excluding ortho intramolecular Hbond substituents is 1. The van der Waals surface area contributed by atoms with Crippen molar-refractivity contribution in [3.05, 3.63) is 35.4 Å². The second kappa shape index (κ2) is 5.26. The molecule has 5 rings (SSSR count). The summed E-state index contributed by atoms with van der Waals surface area (Å²) in [6.45, 7) is 4.03. The van der Waals surface area contributed by atoms with E-state index < -0.39 is 0 Å². The molecule has 1 aromatic carbocycles. The van der Waals surface area contributed by atoms with E-state index in [9.17, 15) is 9.90 Å². The molecule has 0 spiro atoms. The van der Waals surface area contributed by atoms with E-state index in [2.05, 4.69) is 29.8 Å². The van der Waals surface area contributed by atoms with Crippen LogP contribution in [-0.4, -0.2) is 55.3 Å². The number of anilines is 1. The van der Waals surface area contributed by atoms with E-state index >= 15 is 0 Å². The molecule has 26 heavy (non-hydrogen) atoms. The largest absolute Gasteiger partial charge is 0.508 e. The highest BCUT2D eigenvalue weighted by Gasteiger charge is 2.68. The van der Waals surface area contributed by atoms with Crippen LogP contribution < -0.4 is 4.90 Å². The van der Waals surface area contributed by atoms with Crippen molar-refractivity contribution >= 4 is 11.7 Å². The Labute approximate surface area is 154 Å². The molecule has 1 aliphatic carbocycles. The highest BCUT2D eigenvalue weighted by Crippen LogP contribution is 2.63. The van der Waals surface area contributed by atoms with Crippen molar-refractivity contribution in [1.29, 1.82) is 0 Å². The van der Waals surface area contributed by atoms with E-state index in [1.54, 1.807) is 6.07 Å². The Kier molecular flexibility index (Phi) is 3.27. The van der Waals surface area contributed by atoms with Gasteiger partial charge in [0.2, 0.25) is 0 Å². The van der Waals surface area contributed by atoms with Crippen LogP contribution in [0.5, 0.6) is 5.75 Å². The number of nitrogens with zero attached hydrogens (tertiary/aromatic N) is 2. The normalized spacial score (nSPS) is 39.0. The van der Waals surface area contributed by atoms with Crippen molar-refractivity contribution in [1.82, 2.24) is 4.90 Å². The summed E-state index contributed by atoms with van der Waals surface area (Å²) >= 11 is 0. The maximum absolute atomic E-state index is 13.1. The van der Waals surface area contributed by atoms with Crippen LogP contribution in [0.2, 0.25) is 0 Å². The monoisotopic (exact) mass is 354 g/mol. The van der Waals surface area contributed by atoms with Crippen LogP contribution in [0, 0.1) is 11.8 Å². The number of piperidine rings is 2. The third-order valence-electron chi connectivity index (χ3n) is 7.59. The molecule has 0 radical (unpaired) electrons. The van der Waals surface area contributed by atoms with Gasteiger partial charge in [-0.3, -0.25) is 9.69 Å². The van der Waals surface area contributed by atoms with Gasteiger partial charge in [0.1, 0.15) is 5.75 Å². The van der Waals surface area contributed by atoms with Gasteiger partial charge in [-0.25, -0.2) is 0 Å². The smallest absolute Gasteiger partial charge is 0.310 e. The number of carbonyl (C=O) groups is 1. The molecule has 5 unspecified atom stereocenters. The molecule has 3 aliphatic heterocycles. The third kappa shape index (κ3) is 1.72. The molecule has 4 aliphatic rings. The standard InChI is InChI=1S/C21H26N2O3/c1-4-12-11-23-8-7-21-15-9-13(24)5-6-16(15)22(2)19(21)17(23)10-14(12)18(21)20(25)26-3/h4-6,9,14,17-19,24H,7-8,10-11H2,1-3H3/b12-4-. The van der Waals surface area contributed by atoms with Gasteiger partial charge in [0.05, 0.1) is 19.1 Å². The molecule has 2 saturated heterocycles. The van der Waals surface area contributed by atoms with Gasteiger partial charge in [0.25, 0.3) is 0 Å². The summed E-state index contributed by atoms with van der Waals surface area (Å²) in [7, 11) is 3.65. The van der Waals surface area contributed by atoms with E-state index in [0.29, 0.717) is 6.04 Å². The lowest BCUT2D eigenvalue weighted by Crippen LogP contribution is -2.72. The Morgan fingerprint density at radius 2 is 2.23 bits per heavy atom. The minimum absolute atomic E-state index is 0.0993. The summed E-state index contributed by atoms with van der Waals surface area (Å²) in [4.78, 5) is 18.1. The van der Waals surface area contributed by atoms with E-state index in [0.717, 1.165) is 37.2 Å². The molecule has 0 amide bonds. The van der Waals surface area contributed by atoms with Crippen molar-refractivity contribution in [2.75, 3.05) is 32.1 Å². The van der Waals surface area contributed by atoms with E-state index in [1.807, 2.05) is 12.1 Å². The highest BCUT2D eigenvalue weighted by atomic mass is 16.5. The van der Waals surface area contributed by atoms with Crippen molar-refractivity contribution < 1.29 is 14.6 Å². The van der Waals surface area contributed by atoms with E-state index in [-0.39, 0.29) is 35.0 Å². The van der Waals surface area contributed by atoms with Crippen LogP contribution in [0.15, 0.2) is 29.8 Å². The minimum Gasteiger partial charge on any atom is -0.508 e. The van der Waals surface area contributed by atoms with Gasteiger partial charge in [-0.05, 0) is 56.0 Å². The molecule has 3 heterocycles. The quantitative estimate of drug-likeness (QED) is 0.619. The van der Waals surface area contributed by atoms with Crippen molar-refractivity contribution in [3.8, 4) is 5.75 Å². The first kappa shape index (κ1) is 16.2. The van der Waals surface area contributed by atoms with Crippen LogP contribution in [0.3, 0.4) is 0 Å². The van der Waals surface area contributed by atoms with Gasteiger partial charge < -0.3 is 14.7 Å². The summed E-state index contributed by atoms with van der Waals surface area (Å²) in [5.41, 5.74) is 3.37. The Balaban J connectivity index is 1.79. The molecular formula is C21H26N2O3. The van der Waals surface area contributed by atoms with Gasteiger partial charge >= 0.3 is 5.97 Å². The first-order valence-corrected chi connectivity index (χ1v) is 9.56. The predicted octanol–water partition coefficient (Wildman–Crippen LogP) is 2.29. The average Bonchev–Trinajstić information content (AvgIpc) is 2.90.